The van der Waals surface area contributed by atoms with E-state index in [0.717, 1.165) is 122 Å². The van der Waals surface area contributed by atoms with Crippen LogP contribution in [0.2, 0.25) is 0 Å². The second-order valence-corrected chi connectivity index (χ2v) is 16.3. The van der Waals surface area contributed by atoms with E-state index in [2.05, 4.69) is 80.8 Å². The van der Waals surface area contributed by atoms with E-state index in [1.807, 2.05) is 31.3 Å². The van der Waals surface area contributed by atoms with Crippen LogP contribution in [0.3, 0.4) is 0 Å². The quantitative estimate of drug-likeness (QED) is 0.181. The highest BCUT2D eigenvalue weighted by Gasteiger charge is 2.25. The van der Waals surface area contributed by atoms with Gasteiger partial charge in [-0.3, -0.25) is 19.6 Å². The molecule has 2 aliphatic heterocycles. The van der Waals surface area contributed by atoms with E-state index in [4.69, 9.17) is 9.97 Å². The average Bonchev–Trinajstić information content (AvgIpc) is 3.76. The highest BCUT2D eigenvalue weighted by molar-refractivity contribution is 5.96. The minimum absolute atomic E-state index is 0.0728. The molecule has 2 N–H and O–H groups in total. The highest BCUT2D eigenvalue weighted by atomic mass is 16.2. The van der Waals surface area contributed by atoms with Crippen molar-refractivity contribution in [2.24, 2.45) is 0 Å². The fraction of sp³-hybridized carbons (Fsp3) is 0.435. The Balaban J connectivity index is 1.11. The number of rotatable bonds is 5. The van der Waals surface area contributed by atoms with Gasteiger partial charge in [-0.1, -0.05) is 33.6 Å². The molecule has 0 fully saturated rings. The molecule has 3 unspecified atom stereocenters. The number of aryl methyl sites for hydroxylation is 4. The molecule has 0 saturated carbocycles. The minimum Gasteiger partial charge on any atom is -0.344 e. The second kappa shape index (κ2) is 16.4. The van der Waals surface area contributed by atoms with Crippen LogP contribution in [0.1, 0.15) is 158 Å². The van der Waals surface area contributed by atoms with Gasteiger partial charge in [-0.05, 0) is 130 Å². The number of carbonyl (C=O) groups excluding carboxylic acids is 2. The van der Waals surface area contributed by atoms with Crippen molar-refractivity contribution in [3.05, 3.63) is 118 Å². The van der Waals surface area contributed by atoms with Gasteiger partial charge in [-0.15, -0.1) is 0 Å². The van der Waals surface area contributed by atoms with E-state index in [9.17, 15) is 9.59 Å². The van der Waals surface area contributed by atoms with Crippen LogP contribution in [0, 0.1) is 0 Å². The second-order valence-electron chi connectivity index (χ2n) is 16.3. The normalized spacial score (nSPS) is 18.9. The molecule has 2 amide bonds. The average molecular weight is 751 g/mol. The minimum atomic E-state index is -0.278. The Morgan fingerprint density at radius 3 is 2.05 bits per heavy atom. The number of nitrogens with one attached hydrogen (secondary N) is 2. The molecule has 0 aromatic carbocycles. The molecule has 2 aliphatic rings. The molecular weight excluding hydrogens is 697 g/mol. The maximum absolute atomic E-state index is 14.1. The van der Waals surface area contributed by atoms with Crippen molar-refractivity contribution in [3.63, 3.8) is 0 Å². The van der Waals surface area contributed by atoms with Crippen molar-refractivity contribution in [2.45, 2.75) is 129 Å². The molecule has 10 nitrogen and oxygen atoms in total. The monoisotopic (exact) mass is 750 g/mol. The summed E-state index contributed by atoms with van der Waals surface area (Å²) in [7, 11) is 0. The van der Waals surface area contributed by atoms with Crippen LogP contribution in [0.25, 0.3) is 22.1 Å². The van der Waals surface area contributed by atoms with Gasteiger partial charge in [0.2, 0.25) is 0 Å². The Bertz CT molecular complexity index is 2370. The van der Waals surface area contributed by atoms with Crippen molar-refractivity contribution >= 4 is 33.9 Å². The predicted molar refractivity (Wildman–Crippen MR) is 221 cm³/mol. The zero-order chi connectivity index (χ0) is 38.8. The van der Waals surface area contributed by atoms with E-state index < -0.39 is 0 Å². The van der Waals surface area contributed by atoms with Crippen LogP contribution in [-0.2, 0) is 25.9 Å². The highest BCUT2D eigenvalue weighted by Crippen LogP contribution is 2.33. The van der Waals surface area contributed by atoms with Gasteiger partial charge in [-0.25, -0.2) is 9.97 Å². The third-order valence-electron chi connectivity index (χ3n) is 12.0. The van der Waals surface area contributed by atoms with Crippen molar-refractivity contribution in [1.29, 1.82) is 0 Å². The maximum Gasteiger partial charge on any atom is 0.253 e. The molecule has 4 bridgehead atoms. The number of aromatic nitrogens is 6. The van der Waals surface area contributed by atoms with Crippen molar-refractivity contribution in [2.75, 3.05) is 0 Å². The van der Waals surface area contributed by atoms with Gasteiger partial charge < -0.3 is 19.8 Å². The van der Waals surface area contributed by atoms with Crippen LogP contribution < -0.4 is 10.6 Å². The predicted octanol–water partition coefficient (Wildman–Crippen LogP) is 9.30. The maximum atomic E-state index is 14.1. The first kappa shape index (κ1) is 37.5. The van der Waals surface area contributed by atoms with E-state index in [1.165, 1.54) is 11.4 Å². The summed E-state index contributed by atoms with van der Waals surface area (Å²) in [5.74, 6) is 0.378. The number of fused-ring (bicyclic) bond motifs is 4. The number of hydrogen-bond acceptors (Lipinski definition) is 6. The summed E-state index contributed by atoms with van der Waals surface area (Å²) in [4.78, 5) is 46.6. The summed E-state index contributed by atoms with van der Waals surface area (Å²) >= 11 is 0. The zero-order valence-electron chi connectivity index (χ0n) is 33.2. The molecule has 3 atom stereocenters. The molecule has 10 heteroatoms. The summed E-state index contributed by atoms with van der Waals surface area (Å²) in [6.07, 6.45) is 16.4. The van der Waals surface area contributed by atoms with Crippen LogP contribution in [-0.4, -0.2) is 40.9 Å². The van der Waals surface area contributed by atoms with Crippen molar-refractivity contribution in [3.8, 4) is 0 Å². The Morgan fingerprint density at radius 1 is 0.679 bits per heavy atom. The SMILES string of the molecule is CC(C)c1cc2ccc3nc2n1CCCCCc1cnccc1C(=O)NC3CCC(C)c1cc2ccc3nc2n1CCCCCc1ccncc1C(=O)NC3C. The number of pyridine rings is 4. The molecule has 0 aliphatic carbocycles. The van der Waals surface area contributed by atoms with Gasteiger partial charge >= 0.3 is 0 Å². The van der Waals surface area contributed by atoms with Crippen LogP contribution in [0.5, 0.6) is 0 Å². The first-order valence-electron chi connectivity index (χ1n) is 20.7. The summed E-state index contributed by atoms with van der Waals surface area (Å²) in [6.45, 7) is 10.6. The third-order valence-corrected chi connectivity index (χ3v) is 12.0. The summed E-state index contributed by atoms with van der Waals surface area (Å²) in [5.41, 5.74) is 9.61. The summed E-state index contributed by atoms with van der Waals surface area (Å²) < 4.78 is 4.82. The van der Waals surface area contributed by atoms with Crippen LogP contribution in [0.15, 0.2) is 73.3 Å². The van der Waals surface area contributed by atoms with Crippen LogP contribution >= 0.6 is 0 Å². The van der Waals surface area contributed by atoms with Gasteiger partial charge in [0.1, 0.15) is 11.3 Å². The topological polar surface area (TPSA) is 120 Å². The Hall–Kier alpha value is -5.38. The fourth-order valence-electron chi connectivity index (χ4n) is 8.78. The van der Waals surface area contributed by atoms with E-state index in [-0.39, 0.29) is 29.8 Å². The molecule has 8 rings (SSSR count). The lowest BCUT2D eigenvalue weighted by Gasteiger charge is -2.23. The molecule has 6 aromatic rings. The first-order valence-corrected chi connectivity index (χ1v) is 20.7. The Labute approximate surface area is 329 Å². The van der Waals surface area contributed by atoms with Crippen molar-refractivity contribution in [1.82, 2.24) is 39.7 Å². The lowest BCUT2D eigenvalue weighted by atomic mass is 9.95. The molecule has 56 heavy (non-hydrogen) atoms. The van der Waals surface area contributed by atoms with Crippen LogP contribution in [0.4, 0.5) is 0 Å². The van der Waals surface area contributed by atoms with Crippen molar-refractivity contribution < 1.29 is 9.59 Å². The van der Waals surface area contributed by atoms with Gasteiger partial charge in [0, 0.05) is 65.6 Å². The molecule has 8 heterocycles. The summed E-state index contributed by atoms with van der Waals surface area (Å²) in [5, 5.41) is 8.87. The number of hydrogen-bond donors (Lipinski definition) is 2. The summed E-state index contributed by atoms with van der Waals surface area (Å²) in [6, 6.07) is 16.3. The zero-order valence-corrected chi connectivity index (χ0v) is 33.2. The lowest BCUT2D eigenvalue weighted by Crippen LogP contribution is -2.30. The first-order chi connectivity index (χ1) is 27.2. The molecular formula is C46H54N8O2. The van der Waals surface area contributed by atoms with Gasteiger partial charge in [0.25, 0.3) is 11.8 Å². The lowest BCUT2D eigenvalue weighted by molar-refractivity contribution is 0.0925. The molecule has 0 radical (unpaired) electrons. The van der Waals surface area contributed by atoms with Gasteiger partial charge in [-0.2, -0.15) is 0 Å². The van der Waals surface area contributed by atoms with E-state index >= 15 is 0 Å². The van der Waals surface area contributed by atoms with E-state index in [0.29, 0.717) is 17.0 Å². The third kappa shape index (κ3) is 7.71. The Morgan fingerprint density at radius 2 is 1.30 bits per heavy atom. The molecule has 0 saturated heterocycles. The Kier molecular flexibility index (Phi) is 11.0. The standard InChI is InChI=1S/C46H54N8O2/c1-29(2)41-25-33-15-18-39-40(52-45(55)36-20-22-47-27-35(36)12-8-6-9-23-53(41)44(33)51-39)16-13-30(3)42-26-34-14-17-38-31(4)49-46(56)37-28-48-21-19-32(37)11-7-5-10-24-54(42)43(34)50-38/h14-15,17-22,25-31,40H,5-13,16,23-24H2,1-4H3,(H,49,56)(H,52,55). The van der Waals surface area contributed by atoms with Gasteiger partial charge in [0.15, 0.2) is 0 Å². The smallest absolute Gasteiger partial charge is 0.253 e. The fourth-order valence-corrected chi connectivity index (χ4v) is 8.78. The van der Waals surface area contributed by atoms with Gasteiger partial charge in [0.05, 0.1) is 29.0 Å². The number of amides is 2. The molecule has 0 spiro atoms. The number of carbonyl (C=O) groups is 2. The molecule has 6 aromatic heterocycles. The van der Waals surface area contributed by atoms with E-state index in [1.54, 1.807) is 18.6 Å². The molecule has 290 valence electrons. The largest absolute Gasteiger partial charge is 0.344 e. The number of nitrogens with zero attached hydrogens (tertiary/aromatic N) is 6.